The highest BCUT2D eigenvalue weighted by Crippen LogP contribution is 2.28. The summed E-state index contributed by atoms with van der Waals surface area (Å²) in [5, 5.41) is 11.3. The van der Waals surface area contributed by atoms with Crippen LogP contribution in [0.2, 0.25) is 0 Å². The van der Waals surface area contributed by atoms with Crippen molar-refractivity contribution in [2.75, 3.05) is 0 Å². The molecule has 22 heavy (non-hydrogen) atoms. The molecule has 5 nitrogen and oxygen atoms in total. The Kier molecular flexibility index (Phi) is 5.67. The summed E-state index contributed by atoms with van der Waals surface area (Å²) in [6.45, 7) is 2.95. The summed E-state index contributed by atoms with van der Waals surface area (Å²) >= 11 is 0. The van der Waals surface area contributed by atoms with Crippen molar-refractivity contribution in [3.63, 3.8) is 0 Å². The molecule has 1 atom stereocenters. The number of aromatic nitrogens is 1. The molecule has 8 heteroatoms. The topological polar surface area (TPSA) is 79.3 Å². The summed E-state index contributed by atoms with van der Waals surface area (Å²) in [4.78, 5) is 26.3. The number of aliphatic carboxylic acids is 1. The lowest BCUT2D eigenvalue weighted by Gasteiger charge is -2.14. The van der Waals surface area contributed by atoms with Gasteiger partial charge in [-0.15, -0.1) is 0 Å². The van der Waals surface area contributed by atoms with Gasteiger partial charge in [-0.2, -0.15) is 13.2 Å². The maximum atomic E-state index is 12.5. The summed E-state index contributed by atoms with van der Waals surface area (Å²) in [6.07, 6.45) is -1.33. The van der Waals surface area contributed by atoms with Crippen LogP contribution in [0.3, 0.4) is 0 Å². The first kappa shape index (κ1) is 17.7. The number of rotatable bonds is 5. The minimum absolute atomic E-state index is 0.0741. The first-order valence-electron chi connectivity index (χ1n) is 6.36. The highest BCUT2D eigenvalue weighted by Gasteiger charge is 2.33. The van der Waals surface area contributed by atoms with Crippen LogP contribution in [0.5, 0.6) is 0 Å². The Morgan fingerprint density at radius 2 is 2.05 bits per heavy atom. The van der Waals surface area contributed by atoms with Crippen LogP contribution < -0.4 is 5.32 Å². The molecule has 0 radical (unpaired) electrons. The Hall–Kier alpha value is -2.38. The lowest BCUT2D eigenvalue weighted by molar-refractivity contribution is -0.141. The van der Waals surface area contributed by atoms with Crippen molar-refractivity contribution in [1.82, 2.24) is 10.3 Å². The van der Waals surface area contributed by atoms with Crippen LogP contribution in [-0.4, -0.2) is 28.0 Å². The molecule has 0 saturated carbocycles. The number of carboxylic acid groups (broad SMARTS) is 1. The summed E-state index contributed by atoms with van der Waals surface area (Å²) in [7, 11) is 0. The standard InChI is InChI=1S/C14H15F3N2O3/c1-3-4-5-10(13(21)22)19-12(20)9-6-7-11(14(15,16)17)18-8(9)2/h3-4,6-7,10H,5H2,1-2H3,(H,19,20)(H,21,22)/b4-3+. The molecular weight excluding hydrogens is 301 g/mol. The van der Waals surface area contributed by atoms with Gasteiger partial charge in [0.05, 0.1) is 11.3 Å². The van der Waals surface area contributed by atoms with Gasteiger partial charge in [-0.3, -0.25) is 4.79 Å². The number of nitrogens with one attached hydrogen (secondary N) is 1. The van der Waals surface area contributed by atoms with Gasteiger partial charge in [0, 0.05) is 0 Å². The van der Waals surface area contributed by atoms with Gasteiger partial charge in [0.15, 0.2) is 0 Å². The number of hydrogen-bond donors (Lipinski definition) is 2. The van der Waals surface area contributed by atoms with Crippen molar-refractivity contribution in [3.8, 4) is 0 Å². The third-order valence-corrected chi connectivity index (χ3v) is 2.83. The van der Waals surface area contributed by atoms with E-state index in [0.29, 0.717) is 6.07 Å². The molecule has 0 aromatic carbocycles. The van der Waals surface area contributed by atoms with Crippen molar-refractivity contribution in [1.29, 1.82) is 0 Å². The molecule has 0 aliphatic rings. The SMILES string of the molecule is C/C=C/CC(NC(=O)c1ccc(C(F)(F)F)nc1C)C(=O)O. The molecule has 1 heterocycles. The van der Waals surface area contributed by atoms with Crippen molar-refractivity contribution in [2.45, 2.75) is 32.5 Å². The predicted octanol–water partition coefficient (Wildman–Crippen LogP) is 2.56. The minimum atomic E-state index is -4.60. The highest BCUT2D eigenvalue weighted by molar-refractivity contribution is 5.97. The maximum absolute atomic E-state index is 12.5. The van der Waals surface area contributed by atoms with Crippen molar-refractivity contribution >= 4 is 11.9 Å². The third-order valence-electron chi connectivity index (χ3n) is 2.83. The van der Waals surface area contributed by atoms with Crippen LogP contribution >= 0.6 is 0 Å². The van der Waals surface area contributed by atoms with Crippen LogP contribution in [0.1, 0.15) is 35.1 Å². The van der Waals surface area contributed by atoms with E-state index in [4.69, 9.17) is 5.11 Å². The van der Waals surface area contributed by atoms with E-state index in [1.54, 1.807) is 19.1 Å². The molecule has 1 rings (SSSR count). The zero-order chi connectivity index (χ0) is 16.9. The number of allylic oxidation sites excluding steroid dienone is 1. The average Bonchev–Trinajstić information content (AvgIpc) is 2.41. The lowest BCUT2D eigenvalue weighted by atomic mass is 10.1. The summed E-state index contributed by atoms with van der Waals surface area (Å²) < 4.78 is 37.5. The van der Waals surface area contributed by atoms with Crippen LogP contribution in [0.4, 0.5) is 13.2 Å². The fourth-order valence-electron chi connectivity index (χ4n) is 1.69. The molecule has 0 aliphatic heterocycles. The Bertz CT molecular complexity index is 597. The van der Waals surface area contributed by atoms with Gasteiger partial charge in [0.25, 0.3) is 5.91 Å². The summed E-state index contributed by atoms with van der Waals surface area (Å²) in [5.74, 6) is -2.01. The monoisotopic (exact) mass is 316 g/mol. The Morgan fingerprint density at radius 1 is 1.41 bits per heavy atom. The van der Waals surface area contributed by atoms with Crippen LogP contribution in [0.25, 0.3) is 0 Å². The fraction of sp³-hybridized carbons (Fsp3) is 0.357. The number of alkyl halides is 3. The highest BCUT2D eigenvalue weighted by atomic mass is 19.4. The molecule has 0 aliphatic carbocycles. The summed E-state index contributed by atoms with van der Waals surface area (Å²) in [5.41, 5.74) is -1.33. The Balaban J connectivity index is 2.96. The van der Waals surface area contributed by atoms with Crippen molar-refractivity contribution < 1.29 is 27.9 Å². The molecule has 1 amide bonds. The zero-order valence-electron chi connectivity index (χ0n) is 11.9. The second kappa shape index (κ2) is 7.06. The number of hydrogen-bond acceptors (Lipinski definition) is 3. The minimum Gasteiger partial charge on any atom is -0.480 e. The number of amides is 1. The first-order valence-corrected chi connectivity index (χ1v) is 6.36. The van der Waals surface area contributed by atoms with E-state index in [0.717, 1.165) is 6.07 Å². The molecule has 120 valence electrons. The van der Waals surface area contributed by atoms with Gasteiger partial charge in [0.2, 0.25) is 0 Å². The predicted molar refractivity (Wildman–Crippen MR) is 72.3 cm³/mol. The Labute approximate surface area is 124 Å². The summed E-state index contributed by atoms with van der Waals surface area (Å²) in [6, 6.07) is 0.504. The molecule has 1 unspecified atom stereocenters. The van der Waals surface area contributed by atoms with Gasteiger partial charge in [-0.05, 0) is 32.4 Å². The normalized spacial score (nSPS) is 13.1. The Morgan fingerprint density at radius 3 is 2.50 bits per heavy atom. The number of aryl methyl sites for hydroxylation is 1. The maximum Gasteiger partial charge on any atom is 0.433 e. The van der Waals surface area contributed by atoms with E-state index in [9.17, 15) is 22.8 Å². The molecule has 2 N–H and O–H groups in total. The van der Waals surface area contributed by atoms with E-state index in [1.165, 1.54) is 6.92 Å². The number of carbonyl (C=O) groups excluding carboxylic acids is 1. The van der Waals surface area contributed by atoms with Crippen LogP contribution in [-0.2, 0) is 11.0 Å². The number of halogens is 3. The van der Waals surface area contributed by atoms with Gasteiger partial charge < -0.3 is 10.4 Å². The van der Waals surface area contributed by atoms with Gasteiger partial charge in [-0.1, -0.05) is 12.2 Å². The van der Waals surface area contributed by atoms with E-state index >= 15 is 0 Å². The number of nitrogens with zero attached hydrogens (tertiary/aromatic N) is 1. The molecule has 1 aromatic rings. The first-order chi connectivity index (χ1) is 10.2. The van der Waals surface area contributed by atoms with Crippen molar-refractivity contribution in [2.24, 2.45) is 0 Å². The van der Waals surface area contributed by atoms with E-state index in [1.807, 2.05) is 0 Å². The van der Waals surface area contributed by atoms with Crippen molar-refractivity contribution in [3.05, 3.63) is 41.2 Å². The molecule has 0 spiro atoms. The van der Waals surface area contributed by atoms with Gasteiger partial charge >= 0.3 is 12.1 Å². The van der Waals surface area contributed by atoms with E-state index < -0.39 is 29.8 Å². The average molecular weight is 316 g/mol. The largest absolute Gasteiger partial charge is 0.480 e. The third kappa shape index (κ3) is 4.57. The fourth-order valence-corrected chi connectivity index (χ4v) is 1.69. The number of carbonyl (C=O) groups is 2. The second-order valence-corrected chi connectivity index (χ2v) is 4.50. The number of pyridine rings is 1. The lowest BCUT2D eigenvalue weighted by Crippen LogP contribution is -2.40. The van der Waals surface area contributed by atoms with Crippen LogP contribution in [0.15, 0.2) is 24.3 Å². The molecule has 0 bridgehead atoms. The van der Waals surface area contributed by atoms with Crippen LogP contribution in [0, 0.1) is 6.92 Å². The molecular formula is C14H15F3N2O3. The van der Waals surface area contributed by atoms with Gasteiger partial charge in [-0.25, -0.2) is 9.78 Å². The molecule has 0 saturated heterocycles. The quantitative estimate of drug-likeness (QED) is 0.818. The smallest absolute Gasteiger partial charge is 0.433 e. The molecule has 1 aromatic heterocycles. The van der Waals surface area contributed by atoms with E-state index in [-0.39, 0.29) is 17.7 Å². The second-order valence-electron chi connectivity index (χ2n) is 4.50. The van der Waals surface area contributed by atoms with Gasteiger partial charge in [0.1, 0.15) is 11.7 Å². The molecule has 0 fully saturated rings. The number of carboxylic acids is 1. The van der Waals surface area contributed by atoms with E-state index in [2.05, 4.69) is 10.3 Å². The zero-order valence-corrected chi connectivity index (χ0v) is 11.9.